The number of esters is 1. The van der Waals surface area contributed by atoms with Crippen molar-refractivity contribution in [3.05, 3.63) is 29.8 Å². The van der Waals surface area contributed by atoms with Gasteiger partial charge in [-0.05, 0) is 36.0 Å². The molecule has 3 aliphatic rings. The number of aliphatic imine (C=N–C) groups is 1. The third-order valence-corrected chi connectivity index (χ3v) is 7.02. The number of carbonyl (C=O) groups is 1. The number of rotatable bonds is 3. The molecule has 2 fully saturated rings. The summed E-state index contributed by atoms with van der Waals surface area (Å²) in [5, 5.41) is 10.7. The van der Waals surface area contributed by atoms with Gasteiger partial charge in [-0.1, -0.05) is 32.9 Å². The lowest BCUT2D eigenvalue weighted by molar-refractivity contribution is -0.158. The molecule has 5 heteroatoms. The summed E-state index contributed by atoms with van der Waals surface area (Å²) < 4.78 is 11.0. The van der Waals surface area contributed by atoms with Crippen LogP contribution in [0.1, 0.15) is 45.3 Å². The number of ether oxygens (including phenoxy) is 2. The third-order valence-electron chi connectivity index (χ3n) is 7.02. The molecule has 0 amide bonds. The number of nitrogens with zero attached hydrogens (tertiary/aromatic N) is 1. The summed E-state index contributed by atoms with van der Waals surface area (Å²) in [6.45, 7) is 6.69. The van der Waals surface area contributed by atoms with E-state index in [0.717, 1.165) is 18.6 Å². The average Bonchev–Trinajstić information content (AvgIpc) is 2.93. The van der Waals surface area contributed by atoms with Crippen LogP contribution in [-0.4, -0.2) is 36.0 Å². The summed E-state index contributed by atoms with van der Waals surface area (Å²) in [5.74, 6) is 0.596. The summed E-state index contributed by atoms with van der Waals surface area (Å²) >= 11 is 0. The van der Waals surface area contributed by atoms with Gasteiger partial charge < -0.3 is 14.6 Å². The summed E-state index contributed by atoms with van der Waals surface area (Å²) in [7, 11) is 1.59. The Labute approximate surface area is 148 Å². The van der Waals surface area contributed by atoms with Crippen LogP contribution < -0.4 is 4.74 Å². The monoisotopic (exact) mass is 343 g/mol. The van der Waals surface area contributed by atoms with Crippen molar-refractivity contribution in [3.8, 4) is 5.75 Å². The van der Waals surface area contributed by atoms with E-state index < -0.39 is 18.1 Å². The van der Waals surface area contributed by atoms with Crippen molar-refractivity contribution in [1.29, 1.82) is 0 Å². The van der Waals surface area contributed by atoms with Gasteiger partial charge in [-0.15, -0.1) is 0 Å². The second-order valence-electron chi connectivity index (χ2n) is 8.26. The van der Waals surface area contributed by atoms with Gasteiger partial charge in [-0.25, -0.2) is 4.79 Å². The van der Waals surface area contributed by atoms with Crippen LogP contribution in [0.15, 0.2) is 29.3 Å². The van der Waals surface area contributed by atoms with Gasteiger partial charge in [0.05, 0.1) is 12.8 Å². The molecule has 1 aromatic carbocycles. The Morgan fingerprint density at radius 2 is 1.96 bits per heavy atom. The maximum absolute atomic E-state index is 12.6. The van der Waals surface area contributed by atoms with E-state index in [4.69, 9.17) is 14.5 Å². The normalized spacial score (nSPS) is 36.4. The van der Waals surface area contributed by atoms with Gasteiger partial charge in [-0.3, -0.25) is 4.99 Å². The molecule has 0 radical (unpaired) electrons. The SMILES string of the molecule is COc1ccc([C@H](O)[C@H]2N=C3[C@H]4CC[C@@](C)([C@@H]3OC2=O)C4(C)C)cc1. The van der Waals surface area contributed by atoms with E-state index in [-0.39, 0.29) is 16.9 Å². The average molecular weight is 343 g/mol. The number of methoxy groups -OCH3 is 1. The number of benzene rings is 1. The molecule has 0 aromatic heterocycles. The van der Waals surface area contributed by atoms with Crippen LogP contribution in [0.2, 0.25) is 0 Å². The minimum Gasteiger partial charge on any atom is -0.497 e. The molecule has 0 unspecified atom stereocenters. The van der Waals surface area contributed by atoms with E-state index in [1.165, 1.54) is 0 Å². The van der Waals surface area contributed by atoms with Crippen LogP contribution in [-0.2, 0) is 9.53 Å². The molecule has 0 saturated heterocycles. The maximum atomic E-state index is 12.6. The first-order valence-electron chi connectivity index (χ1n) is 8.89. The highest BCUT2D eigenvalue weighted by Crippen LogP contribution is 2.65. The number of carbonyl (C=O) groups excluding carboxylic acids is 1. The van der Waals surface area contributed by atoms with E-state index in [1.54, 1.807) is 31.4 Å². The van der Waals surface area contributed by atoms with E-state index in [0.29, 0.717) is 17.2 Å². The highest BCUT2D eigenvalue weighted by atomic mass is 16.6. The lowest BCUT2D eigenvalue weighted by Crippen LogP contribution is -2.47. The van der Waals surface area contributed by atoms with Crippen LogP contribution >= 0.6 is 0 Å². The smallest absolute Gasteiger partial charge is 0.334 e. The summed E-state index contributed by atoms with van der Waals surface area (Å²) in [5.41, 5.74) is 1.59. The number of hydrogen-bond acceptors (Lipinski definition) is 5. The zero-order chi connectivity index (χ0) is 18.0. The molecule has 1 heterocycles. The molecule has 134 valence electrons. The van der Waals surface area contributed by atoms with Gasteiger partial charge in [0.1, 0.15) is 18.0 Å². The van der Waals surface area contributed by atoms with Crippen molar-refractivity contribution in [2.45, 2.75) is 51.9 Å². The molecule has 2 saturated carbocycles. The number of fused-ring (bicyclic) bond motifs is 5. The van der Waals surface area contributed by atoms with Crippen LogP contribution in [0.5, 0.6) is 5.75 Å². The van der Waals surface area contributed by atoms with Gasteiger partial charge in [0.25, 0.3) is 0 Å². The number of aliphatic hydroxyl groups is 1. The summed E-state index contributed by atoms with van der Waals surface area (Å²) in [6.07, 6.45) is 0.865. The first-order valence-corrected chi connectivity index (χ1v) is 8.89. The predicted octanol–water partition coefficient (Wildman–Crippen LogP) is 2.92. The highest BCUT2D eigenvalue weighted by molar-refractivity contribution is 6.01. The molecule has 1 N–H and O–H groups in total. The van der Waals surface area contributed by atoms with Crippen LogP contribution in [0.25, 0.3) is 0 Å². The molecular formula is C20H25NO4. The van der Waals surface area contributed by atoms with E-state index in [1.807, 2.05) is 0 Å². The van der Waals surface area contributed by atoms with Gasteiger partial charge in [-0.2, -0.15) is 0 Å². The minimum absolute atomic E-state index is 0.0523. The van der Waals surface area contributed by atoms with Crippen LogP contribution in [0.3, 0.4) is 0 Å². The van der Waals surface area contributed by atoms with Gasteiger partial charge in [0, 0.05) is 11.3 Å². The zero-order valence-corrected chi connectivity index (χ0v) is 15.2. The fourth-order valence-electron chi connectivity index (χ4n) is 4.95. The maximum Gasteiger partial charge on any atom is 0.334 e. The summed E-state index contributed by atoms with van der Waals surface area (Å²) in [6, 6.07) is 6.16. The zero-order valence-electron chi connectivity index (χ0n) is 15.2. The fraction of sp³-hybridized carbons (Fsp3) is 0.600. The van der Waals surface area contributed by atoms with Gasteiger partial charge in [0.2, 0.25) is 0 Å². The van der Waals surface area contributed by atoms with Crippen molar-refractivity contribution in [2.75, 3.05) is 7.11 Å². The quantitative estimate of drug-likeness (QED) is 0.857. The number of hydrogen-bond donors (Lipinski definition) is 1. The fourth-order valence-corrected chi connectivity index (χ4v) is 4.95. The molecule has 25 heavy (non-hydrogen) atoms. The highest BCUT2D eigenvalue weighted by Gasteiger charge is 2.67. The second-order valence-corrected chi connectivity index (χ2v) is 8.26. The van der Waals surface area contributed by atoms with E-state index in [2.05, 4.69) is 20.8 Å². The molecule has 4 rings (SSSR count). The lowest BCUT2D eigenvalue weighted by atomic mass is 9.70. The van der Waals surface area contributed by atoms with Crippen molar-refractivity contribution < 1.29 is 19.4 Å². The Hall–Kier alpha value is -1.88. The Balaban J connectivity index is 1.67. The standard InChI is InChI=1S/C20H25NO4/c1-19(2)13-9-10-20(19,3)17-14(13)21-15(18(23)25-17)16(22)11-5-7-12(24-4)8-6-11/h5-8,13,15-17,22H,9-10H2,1-4H3/t13-,15-,16+,17-,20+/m1/s1. The molecule has 1 aliphatic heterocycles. The largest absolute Gasteiger partial charge is 0.497 e. The van der Waals surface area contributed by atoms with Crippen molar-refractivity contribution >= 4 is 11.7 Å². The Kier molecular flexibility index (Phi) is 3.52. The van der Waals surface area contributed by atoms with Crippen molar-refractivity contribution in [3.63, 3.8) is 0 Å². The molecule has 2 bridgehead atoms. The Morgan fingerprint density at radius 3 is 2.60 bits per heavy atom. The van der Waals surface area contributed by atoms with E-state index >= 15 is 0 Å². The van der Waals surface area contributed by atoms with Crippen LogP contribution in [0.4, 0.5) is 0 Å². The molecular weight excluding hydrogens is 318 g/mol. The second kappa shape index (κ2) is 5.31. The van der Waals surface area contributed by atoms with E-state index in [9.17, 15) is 9.90 Å². The third kappa shape index (κ3) is 2.11. The molecule has 5 atom stereocenters. The minimum atomic E-state index is -1.01. The first-order chi connectivity index (χ1) is 11.8. The molecule has 5 nitrogen and oxygen atoms in total. The molecule has 2 aliphatic carbocycles. The Morgan fingerprint density at radius 1 is 1.28 bits per heavy atom. The first kappa shape index (κ1) is 16.6. The molecule has 1 aromatic rings. The topological polar surface area (TPSA) is 68.1 Å². The van der Waals surface area contributed by atoms with Crippen molar-refractivity contribution in [2.24, 2.45) is 21.7 Å². The molecule has 0 spiro atoms. The van der Waals surface area contributed by atoms with Gasteiger partial charge in [0.15, 0.2) is 6.04 Å². The summed E-state index contributed by atoms with van der Waals surface area (Å²) in [4.78, 5) is 17.3. The lowest BCUT2D eigenvalue weighted by Gasteiger charge is -2.39. The van der Waals surface area contributed by atoms with Gasteiger partial charge >= 0.3 is 5.97 Å². The predicted molar refractivity (Wildman–Crippen MR) is 93.7 cm³/mol. The van der Waals surface area contributed by atoms with Crippen molar-refractivity contribution in [1.82, 2.24) is 0 Å². The number of aliphatic hydroxyl groups excluding tert-OH is 1. The van der Waals surface area contributed by atoms with Crippen LogP contribution in [0, 0.1) is 16.7 Å². The Bertz CT molecular complexity index is 739.